The van der Waals surface area contributed by atoms with Crippen LogP contribution >= 0.6 is 15.6 Å². The quantitative estimate of drug-likeness (QED) is 0.0169. The molecule has 0 heterocycles. The maximum Gasteiger partial charge on any atom is 0.472 e. The van der Waals surface area contributed by atoms with E-state index in [-0.39, 0.29) is 25.7 Å². The molecule has 19 heteroatoms. The van der Waals surface area contributed by atoms with Crippen LogP contribution in [0.4, 0.5) is 0 Å². The van der Waals surface area contributed by atoms with Crippen molar-refractivity contribution in [3.05, 3.63) is 207 Å². The van der Waals surface area contributed by atoms with Gasteiger partial charge in [0.25, 0.3) is 0 Å². The molecular formula is C87H136O17P2. The smallest absolute Gasteiger partial charge is 0.462 e. The van der Waals surface area contributed by atoms with Gasteiger partial charge in [-0.2, -0.15) is 0 Å². The fourth-order valence-electron chi connectivity index (χ4n) is 9.41. The van der Waals surface area contributed by atoms with Gasteiger partial charge in [0.2, 0.25) is 0 Å². The number of carbonyl (C=O) groups excluding carboxylic acids is 4. The van der Waals surface area contributed by atoms with Crippen molar-refractivity contribution in [2.75, 3.05) is 39.6 Å². The molecule has 596 valence electrons. The topological polar surface area (TPSA) is 237 Å². The number of ether oxygens (including phenoxy) is 4. The zero-order chi connectivity index (χ0) is 77.4. The molecule has 5 atom stereocenters. The van der Waals surface area contributed by atoms with Crippen molar-refractivity contribution in [2.45, 2.75) is 277 Å². The number of rotatable bonds is 71. The summed E-state index contributed by atoms with van der Waals surface area (Å²) in [6, 6.07) is 0. The van der Waals surface area contributed by atoms with Crippen LogP contribution in [0.15, 0.2) is 207 Å². The molecule has 0 aromatic carbocycles. The van der Waals surface area contributed by atoms with Crippen LogP contribution in [0.2, 0.25) is 0 Å². The number of hydrogen-bond acceptors (Lipinski definition) is 15. The van der Waals surface area contributed by atoms with Crippen LogP contribution in [0, 0.1) is 0 Å². The highest BCUT2D eigenvalue weighted by Crippen LogP contribution is 2.45. The largest absolute Gasteiger partial charge is 0.472 e. The van der Waals surface area contributed by atoms with Gasteiger partial charge >= 0.3 is 39.5 Å². The maximum absolute atomic E-state index is 13.1. The molecular weight excluding hydrogens is 1380 g/mol. The molecule has 0 aliphatic rings. The van der Waals surface area contributed by atoms with Gasteiger partial charge in [0, 0.05) is 19.3 Å². The number of aliphatic hydroxyl groups excluding tert-OH is 1. The van der Waals surface area contributed by atoms with E-state index < -0.39 is 97.5 Å². The lowest BCUT2D eigenvalue weighted by Crippen LogP contribution is -2.30. The lowest BCUT2D eigenvalue weighted by Gasteiger charge is -2.21. The fourth-order valence-corrected chi connectivity index (χ4v) is 11.0. The number of aliphatic hydroxyl groups is 1. The van der Waals surface area contributed by atoms with Gasteiger partial charge in [0.1, 0.15) is 19.3 Å². The zero-order valence-electron chi connectivity index (χ0n) is 65.0. The predicted molar refractivity (Wildman–Crippen MR) is 435 cm³/mol. The number of hydrogen-bond donors (Lipinski definition) is 3. The summed E-state index contributed by atoms with van der Waals surface area (Å²) >= 11 is 0. The predicted octanol–water partition coefficient (Wildman–Crippen LogP) is 23.1. The molecule has 0 aliphatic carbocycles. The second-order valence-corrected chi connectivity index (χ2v) is 28.1. The molecule has 0 radical (unpaired) electrons. The summed E-state index contributed by atoms with van der Waals surface area (Å²) in [5, 5.41) is 10.6. The van der Waals surface area contributed by atoms with Gasteiger partial charge in [-0.3, -0.25) is 37.3 Å². The van der Waals surface area contributed by atoms with Gasteiger partial charge in [0.05, 0.1) is 32.8 Å². The second-order valence-electron chi connectivity index (χ2n) is 25.2. The van der Waals surface area contributed by atoms with Gasteiger partial charge in [-0.25, -0.2) is 9.13 Å². The minimum absolute atomic E-state index is 0.00775. The molecule has 0 bridgehead atoms. The summed E-state index contributed by atoms with van der Waals surface area (Å²) in [6.45, 7) is 4.19. The first-order chi connectivity index (χ1) is 51.7. The lowest BCUT2D eigenvalue weighted by molar-refractivity contribution is -0.161. The highest BCUT2D eigenvalue weighted by Gasteiger charge is 2.30. The summed E-state index contributed by atoms with van der Waals surface area (Å²) in [7, 11) is -10.0. The standard InChI is InChI=1S/C87H136O17P2/c1-5-9-13-17-21-25-29-33-36-38-40-42-45-48-51-55-59-63-67-71-84(89)97-77-82(103-86(91)73-69-65-61-57-53-47-32-28-24-20-16-12-8-4)79-101-105(93,94)99-75-81(88)76-100-106(95,96)102-80-83(104-87(92)74-70-66-62-58-54-50-44-35-31-27-23-19-15-11-7-3)78-98-85(90)72-68-64-60-56-52-49-46-43-41-39-37-34-30-26-22-18-14-10-6-2/h9-11,13-16,20-23,25-28,32-37,40-44,49,52,54,58,60,64,66,70,81-83,88H,5-8,12,17-19,24,29-31,38-39,45-48,50-51,53,55-57,59,61-63,65,67-69,71-80H2,1-4H3,(H,93,94)(H,95,96)/b13-9-,14-10-,15-11-,20-16-,25-21-,26-22-,27-23-,32-28-,36-33-,37-34-,42-40-,43-41-,44-35-,52-49-,58-54-,64-60-,70-66-. The number of phosphoric ester groups is 2. The molecule has 0 fully saturated rings. The highest BCUT2D eigenvalue weighted by molar-refractivity contribution is 7.47. The second kappa shape index (κ2) is 76.8. The van der Waals surface area contributed by atoms with Crippen LogP contribution in [-0.4, -0.2) is 96.7 Å². The van der Waals surface area contributed by atoms with E-state index in [0.29, 0.717) is 32.1 Å². The summed E-state index contributed by atoms with van der Waals surface area (Å²) in [5.41, 5.74) is 0. The molecule has 106 heavy (non-hydrogen) atoms. The Morgan fingerprint density at radius 3 is 0.896 bits per heavy atom. The molecule has 0 aliphatic heterocycles. The number of phosphoric acid groups is 2. The molecule has 17 nitrogen and oxygen atoms in total. The molecule has 0 spiro atoms. The first-order valence-corrected chi connectivity index (χ1v) is 42.3. The summed E-state index contributed by atoms with van der Waals surface area (Å²) in [5.74, 6) is -2.48. The third-order valence-electron chi connectivity index (χ3n) is 15.3. The van der Waals surface area contributed by atoms with Crippen molar-refractivity contribution in [3.8, 4) is 0 Å². The van der Waals surface area contributed by atoms with E-state index in [1.165, 1.54) is 0 Å². The first-order valence-electron chi connectivity index (χ1n) is 39.3. The minimum Gasteiger partial charge on any atom is -0.462 e. The minimum atomic E-state index is -5.03. The van der Waals surface area contributed by atoms with Crippen LogP contribution in [-0.2, 0) is 65.4 Å². The Balaban J connectivity index is 5.51. The third kappa shape index (κ3) is 75.9. The van der Waals surface area contributed by atoms with Crippen molar-refractivity contribution in [1.29, 1.82) is 0 Å². The van der Waals surface area contributed by atoms with E-state index in [0.717, 1.165) is 173 Å². The Bertz CT molecular complexity index is 2830. The van der Waals surface area contributed by atoms with Crippen molar-refractivity contribution in [2.24, 2.45) is 0 Å². The molecule has 0 saturated carbocycles. The van der Waals surface area contributed by atoms with Gasteiger partial charge in [-0.1, -0.05) is 286 Å². The number of unbranched alkanes of at least 4 members (excludes halogenated alkanes) is 12. The van der Waals surface area contributed by atoms with Gasteiger partial charge in [-0.15, -0.1) is 0 Å². The number of allylic oxidation sites excluding steroid dienone is 33. The van der Waals surface area contributed by atoms with Crippen molar-refractivity contribution in [1.82, 2.24) is 0 Å². The van der Waals surface area contributed by atoms with E-state index in [4.69, 9.17) is 37.0 Å². The molecule has 5 unspecified atom stereocenters. The third-order valence-corrected chi connectivity index (χ3v) is 17.2. The van der Waals surface area contributed by atoms with E-state index in [2.05, 4.69) is 192 Å². The monoisotopic (exact) mass is 1510 g/mol. The van der Waals surface area contributed by atoms with Crippen LogP contribution in [0.5, 0.6) is 0 Å². The summed E-state index contributed by atoms with van der Waals surface area (Å²) < 4.78 is 68.3. The van der Waals surface area contributed by atoms with Crippen molar-refractivity contribution >= 4 is 39.5 Å². The fraction of sp³-hybridized carbons (Fsp3) is 0.563. The average molecular weight is 1520 g/mol. The van der Waals surface area contributed by atoms with E-state index in [1.54, 1.807) is 12.2 Å². The van der Waals surface area contributed by atoms with Crippen molar-refractivity contribution in [3.63, 3.8) is 0 Å². The van der Waals surface area contributed by atoms with Gasteiger partial charge < -0.3 is 33.8 Å². The first kappa shape index (κ1) is 99.6. The Morgan fingerprint density at radius 2 is 0.547 bits per heavy atom. The summed E-state index contributed by atoms with van der Waals surface area (Å²) in [6.07, 6.45) is 95.8. The van der Waals surface area contributed by atoms with E-state index >= 15 is 0 Å². The van der Waals surface area contributed by atoms with Gasteiger partial charge in [-0.05, 0) is 154 Å². The SMILES string of the molecule is CC/C=C\C/C=C\C/C=C\C/C=C\C/C=C\C/C=C\CCC(=O)OCC(COP(=O)(O)OCC(O)COP(=O)(O)OCC(COC(=O)CCCCCCCC/C=C\C/C=C\C/C=C\C/C=C\CC)OC(=O)CCCCCCC/C=C\C/C=C\CCC)OC(=O)C/C=C\C/C=C\C/C=C\C/C=C\C/C=C\CC. The van der Waals surface area contributed by atoms with Crippen LogP contribution in [0.25, 0.3) is 0 Å². The highest BCUT2D eigenvalue weighted by atomic mass is 31.2. The van der Waals surface area contributed by atoms with E-state index in [1.807, 2.05) is 30.4 Å². The maximum atomic E-state index is 13.1. The Kier molecular flexibility index (Phi) is 72.2. The Labute approximate surface area is 639 Å². The van der Waals surface area contributed by atoms with Crippen LogP contribution in [0.1, 0.15) is 259 Å². The van der Waals surface area contributed by atoms with Crippen molar-refractivity contribution < 1.29 is 80.2 Å². The zero-order valence-corrected chi connectivity index (χ0v) is 66.8. The molecule has 0 amide bonds. The number of esters is 4. The molecule has 0 aromatic heterocycles. The van der Waals surface area contributed by atoms with Crippen LogP contribution in [0.3, 0.4) is 0 Å². The molecule has 3 N–H and O–H groups in total. The van der Waals surface area contributed by atoms with Crippen LogP contribution < -0.4 is 0 Å². The lowest BCUT2D eigenvalue weighted by atomic mass is 10.1. The Morgan fingerprint density at radius 1 is 0.283 bits per heavy atom. The van der Waals surface area contributed by atoms with E-state index in [9.17, 15) is 43.2 Å². The summed E-state index contributed by atoms with van der Waals surface area (Å²) in [4.78, 5) is 72.9. The normalized spacial score (nSPS) is 15.0. The molecule has 0 aromatic rings. The number of carbonyl (C=O) groups is 4. The molecule has 0 rings (SSSR count). The Hall–Kier alpha value is -6.36. The van der Waals surface area contributed by atoms with Gasteiger partial charge in [0.15, 0.2) is 12.2 Å². The molecule has 0 saturated heterocycles. The average Bonchev–Trinajstić information content (AvgIpc) is 0.933.